The summed E-state index contributed by atoms with van der Waals surface area (Å²) in [6.45, 7) is -0.258. The van der Waals surface area contributed by atoms with E-state index in [1.54, 1.807) is 60.7 Å². The molecule has 6 N–H and O–H groups in total. The summed E-state index contributed by atoms with van der Waals surface area (Å²) in [7, 11) is 0. The predicted molar refractivity (Wildman–Crippen MR) is 138 cm³/mol. The van der Waals surface area contributed by atoms with Crippen LogP contribution in [0.2, 0.25) is 0 Å². The summed E-state index contributed by atoms with van der Waals surface area (Å²) in [5.41, 5.74) is 14.0. The number of aliphatic carboxylic acids is 1. The lowest BCUT2D eigenvalue weighted by Crippen LogP contribution is -2.32. The lowest BCUT2D eigenvalue weighted by Gasteiger charge is -2.24. The van der Waals surface area contributed by atoms with Crippen LogP contribution in [0.1, 0.15) is 22.8 Å². The molecule has 0 radical (unpaired) electrons. The van der Waals surface area contributed by atoms with Crippen LogP contribution >= 0.6 is 0 Å². The maximum absolute atomic E-state index is 14.4. The molecule has 0 bridgehead atoms. The molecule has 0 saturated carbocycles. The Kier molecular flexibility index (Phi) is 8.12. The second-order valence-corrected chi connectivity index (χ2v) is 8.78. The maximum Gasteiger partial charge on any atom is 0.429 e. The third kappa shape index (κ3) is 6.70. The molecule has 0 spiro atoms. The van der Waals surface area contributed by atoms with Crippen LogP contribution in [0.25, 0.3) is 22.4 Å². The van der Waals surface area contributed by atoms with Gasteiger partial charge in [0.1, 0.15) is 6.04 Å². The molecule has 11 heteroatoms. The van der Waals surface area contributed by atoms with E-state index in [1.165, 1.54) is 18.2 Å². The normalized spacial score (nSPS) is 13.1. The van der Waals surface area contributed by atoms with Gasteiger partial charge in [-0.15, -0.1) is 0 Å². The van der Waals surface area contributed by atoms with Crippen molar-refractivity contribution in [3.8, 4) is 28.3 Å². The molecule has 0 amide bonds. The Morgan fingerprint density at radius 1 is 0.923 bits per heavy atom. The summed E-state index contributed by atoms with van der Waals surface area (Å²) >= 11 is 0. The van der Waals surface area contributed by atoms with Gasteiger partial charge in [-0.3, -0.25) is 4.79 Å². The molecule has 4 aromatic rings. The zero-order valence-electron chi connectivity index (χ0n) is 20.5. The summed E-state index contributed by atoms with van der Waals surface area (Å²) in [6.07, 6.45) is -7.09. The average molecular weight is 539 g/mol. The zero-order valence-corrected chi connectivity index (χ0v) is 20.5. The molecule has 0 fully saturated rings. The number of anilines is 1. The van der Waals surface area contributed by atoms with Gasteiger partial charge in [0.2, 0.25) is 17.9 Å². The fourth-order valence-electron chi connectivity index (χ4n) is 4.06. The van der Waals surface area contributed by atoms with Crippen LogP contribution < -0.4 is 16.2 Å². The number of aliphatic hydroxyl groups excluding tert-OH is 1. The first-order chi connectivity index (χ1) is 18.5. The number of hydrogen-bond acceptors (Lipinski definition) is 7. The number of ether oxygens (including phenoxy) is 1. The minimum Gasteiger partial charge on any atom is -0.480 e. The molecule has 2 atom stereocenters. The van der Waals surface area contributed by atoms with E-state index in [2.05, 4.69) is 9.97 Å². The Hall–Kier alpha value is -4.48. The van der Waals surface area contributed by atoms with Gasteiger partial charge in [-0.1, -0.05) is 66.7 Å². The minimum atomic E-state index is -4.81. The van der Waals surface area contributed by atoms with Crippen molar-refractivity contribution < 1.29 is 32.9 Å². The van der Waals surface area contributed by atoms with Crippen molar-refractivity contribution in [1.82, 2.24) is 9.97 Å². The molecule has 0 saturated heterocycles. The van der Waals surface area contributed by atoms with Crippen molar-refractivity contribution in [2.24, 2.45) is 5.73 Å². The van der Waals surface area contributed by atoms with Crippen molar-refractivity contribution >= 4 is 11.9 Å². The average Bonchev–Trinajstić information content (AvgIpc) is 2.91. The summed E-state index contributed by atoms with van der Waals surface area (Å²) < 4.78 is 48.6. The van der Waals surface area contributed by atoms with Gasteiger partial charge in [0.05, 0.1) is 12.3 Å². The molecular formula is C28H25F3N4O4. The molecule has 8 nitrogen and oxygen atoms in total. The van der Waals surface area contributed by atoms with Crippen LogP contribution in [0, 0.1) is 0 Å². The third-order valence-corrected chi connectivity index (χ3v) is 5.94. The van der Waals surface area contributed by atoms with Gasteiger partial charge in [0.25, 0.3) is 0 Å². The molecule has 4 rings (SSSR count). The molecule has 0 aliphatic rings. The number of alkyl halides is 3. The number of nitrogens with zero attached hydrogens (tertiary/aromatic N) is 2. The molecule has 0 aliphatic carbocycles. The van der Waals surface area contributed by atoms with Crippen LogP contribution in [0.5, 0.6) is 5.88 Å². The highest BCUT2D eigenvalue weighted by Crippen LogP contribution is 2.41. The van der Waals surface area contributed by atoms with Gasteiger partial charge in [-0.05, 0) is 34.7 Å². The van der Waals surface area contributed by atoms with E-state index < -0.39 is 24.3 Å². The van der Waals surface area contributed by atoms with Crippen molar-refractivity contribution in [3.05, 3.63) is 95.6 Å². The first-order valence-electron chi connectivity index (χ1n) is 11.8. The van der Waals surface area contributed by atoms with E-state index in [4.69, 9.17) is 21.3 Å². The van der Waals surface area contributed by atoms with E-state index in [-0.39, 0.29) is 41.7 Å². The molecule has 39 heavy (non-hydrogen) atoms. The summed E-state index contributed by atoms with van der Waals surface area (Å²) in [5, 5.41) is 18.5. The second-order valence-electron chi connectivity index (χ2n) is 8.78. The first-order valence-corrected chi connectivity index (χ1v) is 11.8. The van der Waals surface area contributed by atoms with Gasteiger partial charge in [0, 0.05) is 17.2 Å². The molecule has 0 aliphatic heterocycles. The van der Waals surface area contributed by atoms with Crippen LogP contribution in [0.4, 0.5) is 19.1 Å². The number of aliphatic hydroxyl groups is 1. The minimum absolute atomic E-state index is 0.101. The first kappa shape index (κ1) is 27.6. The molecule has 1 aromatic heterocycles. The van der Waals surface area contributed by atoms with E-state index in [0.717, 1.165) is 0 Å². The molecule has 1 heterocycles. The Morgan fingerprint density at radius 3 is 2.31 bits per heavy atom. The van der Waals surface area contributed by atoms with Gasteiger partial charge in [-0.25, -0.2) is 4.98 Å². The number of halogens is 3. The fraction of sp³-hybridized carbons (Fsp3) is 0.179. The van der Waals surface area contributed by atoms with Crippen LogP contribution in [0.3, 0.4) is 0 Å². The van der Waals surface area contributed by atoms with Crippen molar-refractivity contribution in [2.45, 2.75) is 31.3 Å². The summed E-state index contributed by atoms with van der Waals surface area (Å²) in [5.74, 6) is -1.80. The zero-order chi connectivity index (χ0) is 28.2. The topological polar surface area (TPSA) is 145 Å². The Morgan fingerprint density at radius 2 is 1.64 bits per heavy atom. The monoisotopic (exact) mass is 538 g/mol. The highest BCUT2D eigenvalue weighted by atomic mass is 19.4. The number of benzene rings is 3. The highest BCUT2D eigenvalue weighted by Gasteiger charge is 2.44. The lowest BCUT2D eigenvalue weighted by atomic mass is 9.95. The van der Waals surface area contributed by atoms with E-state index in [0.29, 0.717) is 22.3 Å². The maximum atomic E-state index is 14.4. The summed E-state index contributed by atoms with van der Waals surface area (Å²) in [6, 6.07) is 19.3. The Balaban J connectivity index is 1.68. The number of carboxylic acid groups (broad SMARTS) is 1. The Labute approximate surface area is 221 Å². The number of rotatable bonds is 9. The number of hydrogen-bond donors (Lipinski definition) is 4. The fourth-order valence-corrected chi connectivity index (χ4v) is 4.06. The number of carboxylic acids is 1. The van der Waals surface area contributed by atoms with Gasteiger partial charge in [-0.2, -0.15) is 18.2 Å². The molecular weight excluding hydrogens is 513 g/mol. The van der Waals surface area contributed by atoms with Gasteiger partial charge < -0.3 is 26.4 Å². The van der Waals surface area contributed by atoms with Gasteiger partial charge in [0.15, 0.2) is 0 Å². The number of carbonyl (C=O) groups is 1. The Bertz CT molecular complexity index is 1460. The van der Waals surface area contributed by atoms with Crippen molar-refractivity contribution in [2.75, 3.05) is 5.73 Å². The summed E-state index contributed by atoms with van der Waals surface area (Å²) in [4.78, 5) is 19.0. The lowest BCUT2D eigenvalue weighted by molar-refractivity contribution is -0.198. The molecule has 202 valence electrons. The van der Waals surface area contributed by atoms with Crippen LogP contribution in [-0.4, -0.2) is 38.4 Å². The smallest absolute Gasteiger partial charge is 0.429 e. The van der Waals surface area contributed by atoms with Crippen LogP contribution in [-0.2, 0) is 17.8 Å². The standard InChI is InChI=1S/C28H25F3N4O4/c29-28(30,31)25(21-7-2-1-6-20(21)19-5-3-4-17(12-19)15-36)39-24-14-23(34-27(33)35-24)18-10-8-16(9-11-18)13-22(32)26(37)38/h1-12,14,22,25,36H,13,15,32H2,(H,37,38)(H2,33,34,35)/t22-,25?/m0/s1. The largest absolute Gasteiger partial charge is 0.480 e. The molecule has 3 aromatic carbocycles. The number of nitrogens with two attached hydrogens (primary N) is 2. The van der Waals surface area contributed by atoms with Crippen molar-refractivity contribution in [1.29, 1.82) is 0 Å². The number of nitrogen functional groups attached to an aromatic ring is 1. The highest BCUT2D eigenvalue weighted by molar-refractivity contribution is 5.73. The second kappa shape index (κ2) is 11.5. The third-order valence-electron chi connectivity index (χ3n) is 5.94. The number of aromatic nitrogens is 2. The van der Waals surface area contributed by atoms with E-state index in [9.17, 15) is 23.1 Å². The quantitative estimate of drug-likeness (QED) is 0.243. The predicted octanol–water partition coefficient (Wildman–Crippen LogP) is 4.52. The van der Waals surface area contributed by atoms with E-state index in [1.807, 2.05) is 0 Å². The van der Waals surface area contributed by atoms with E-state index >= 15 is 0 Å². The van der Waals surface area contributed by atoms with Crippen LogP contribution in [0.15, 0.2) is 78.9 Å². The SMILES string of the molecule is Nc1nc(OC(c2ccccc2-c2cccc(CO)c2)C(F)(F)F)cc(-c2ccc(C[C@H](N)C(=O)O)cc2)n1. The van der Waals surface area contributed by atoms with Gasteiger partial charge >= 0.3 is 12.1 Å². The molecule has 1 unspecified atom stereocenters. The van der Waals surface area contributed by atoms with Crippen molar-refractivity contribution in [3.63, 3.8) is 0 Å².